The molecule has 0 aliphatic carbocycles. The Balaban J connectivity index is 2.29. The summed E-state index contributed by atoms with van der Waals surface area (Å²) in [7, 11) is 1.54. The minimum Gasteiger partial charge on any atom is -0.503 e. The first kappa shape index (κ1) is 15.6. The van der Waals surface area contributed by atoms with E-state index >= 15 is 0 Å². The molecule has 3 N–H and O–H groups in total. The Bertz CT molecular complexity index is 470. The maximum atomic E-state index is 9.89. The van der Waals surface area contributed by atoms with E-state index in [0.29, 0.717) is 23.4 Å². The third-order valence-electron chi connectivity index (χ3n) is 3.59. The molecule has 1 aromatic carbocycles. The molecular formula is C14H21BrN2O3. The first-order valence-corrected chi connectivity index (χ1v) is 7.48. The predicted molar refractivity (Wildman–Crippen MR) is 81.1 cm³/mol. The molecule has 0 spiro atoms. The predicted octanol–water partition coefficient (Wildman–Crippen LogP) is 1.88. The smallest absolute Gasteiger partial charge is 0.172 e. The summed E-state index contributed by atoms with van der Waals surface area (Å²) in [4.78, 5) is 2.31. The summed E-state index contributed by atoms with van der Waals surface area (Å²) in [5.41, 5.74) is 6.99. The van der Waals surface area contributed by atoms with E-state index in [9.17, 15) is 5.11 Å². The van der Waals surface area contributed by atoms with E-state index in [2.05, 4.69) is 27.8 Å². The normalized spacial score (nSPS) is 21.7. The molecule has 2 rings (SSSR count). The van der Waals surface area contributed by atoms with E-state index in [1.54, 1.807) is 7.11 Å². The molecule has 0 amide bonds. The number of hydrogen-bond acceptors (Lipinski definition) is 5. The lowest BCUT2D eigenvalue weighted by Gasteiger charge is -2.37. The molecule has 0 bridgehead atoms. The Morgan fingerprint density at radius 1 is 1.60 bits per heavy atom. The molecule has 0 radical (unpaired) electrons. The topological polar surface area (TPSA) is 68.0 Å². The summed E-state index contributed by atoms with van der Waals surface area (Å²) in [6.07, 6.45) is 0.209. The number of nitrogens with two attached hydrogens (primary N) is 1. The van der Waals surface area contributed by atoms with Crippen LogP contribution in [0.2, 0.25) is 0 Å². The molecule has 2 unspecified atom stereocenters. The van der Waals surface area contributed by atoms with Crippen LogP contribution in [0.4, 0.5) is 0 Å². The van der Waals surface area contributed by atoms with Gasteiger partial charge in [0.1, 0.15) is 0 Å². The number of methoxy groups -OCH3 is 1. The van der Waals surface area contributed by atoms with E-state index in [-0.39, 0.29) is 17.9 Å². The van der Waals surface area contributed by atoms with Crippen molar-refractivity contribution in [2.75, 3.05) is 33.4 Å². The van der Waals surface area contributed by atoms with Gasteiger partial charge < -0.3 is 20.3 Å². The average molecular weight is 345 g/mol. The van der Waals surface area contributed by atoms with E-state index in [0.717, 1.165) is 18.7 Å². The fraction of sp³-hybridized carbons (Fsp3) is 0.571. The Hall–Kier alpha value is -0.820. The lowest BCUT2D eigenvalue weighted by Crippen LogP contribution is -2.45. The van der Waals surface area contributed by atoms with E-state index in [1.165, 1.54) is 0 Å². The van der Waals surface area contributed by atoms with Gasteiger partial charge in [-0.25, -0.2) is 0 Å². The minimum atomic E-state index is 0.0900. The number of halogens is 1. The first-order chi connectivity index (χ1) is 9.56. The first-order valence-electron chi connectivity index (χ1n) is 6.69. The highest BCUT2D eigenvalue weighted by molar-refractivity contribution is 9.10. The van der Waals surface area contributed by atoms with Gasteiger partial charge in [-0.2, -0.15) is 0 Å². The summed E-state index contributed by atoms with van der Waals surface area (Å²) < 4.78 is 11.4. The van der Waals surface area contributed by atoms with Crippen LogP contribution in [0.5, 0.6) is 11.5 Å². The summed E-state index contributed by atoms with van der Waals surface area (Å²) in [5, 5.41) is 9.89. The molecule has 112 valence electrons. The van der Waals surface area contributed by atoms with Gasteiger partial charge in [-0.05, 0) is 40.5 Å². The van der Waals surface area contributed by atoms with Crippen molar-refractivity contribution in [1.82, 2.24) is 4.90 Å². The number of aromatic hydroxyl groups is 1. The Kier molecular flexibility index (Phi) is 5.26. The second-order valence-corrected chi connectivity index (χ2v) is 5.84. The lowest BCUT2D eigenvalue weighted by atomic mass is 10.0. The fourth-order valence-electron chi connectivity index (χ4n) is 2.57. The molecule has 1 saturated heterocycles. The number of phenolic OH excluding ortho intramolecular Hbond substituents is 1. The zero-order valence-corrected chi connectivity index (χ0v) is 13.4. The van der Waals surface area contributed by atoms with Gasteiger partial charge in [-0.3, -0.25) is 4.90 Å². The van der Waals surface area contributed by atoms with Crippen LogP contribution in [0.15, 0.2) is 16.6 Å². The number of phenols is 1. The molecule has 5 nitrogen and oxygen atoms in total. The molecule has 0 aromatic heterocycles. The second kappa shape index (κ2) is 6.76. The van der Waals surface area contributed by atoms with Gasteiger partial charge in [0.25, 0.3) is 0 Å². The molecule has 6 heteroatoms. The van der Waals surface area contributed by atoms with Crippen LogP contribution in [-0.4, -0.2) is 49.5 Å². The van der Waals surface area contributed by atoms with Gasteiger partial charge in [0.2, 0.25) is 0 Å². The zero-order chi connectivity index (χ0) is 14.7. The highest BCUT2D eigenvalue weighted by Crippen LogP contribution is 2.38. The van der Waals surface area contributed by atoms with Gasteiger partial charge in [0.15, 0.2) is 11.5 Å². The van der Waals surface area contributed by atoms with Crippen LogP contribution in [-0.2, 0) is 4.74 Å². The maximum Gasteiger partial charge on any atom is 0.172 e. The van der Waals surface area contributed by atoms with E-state index in [1.807, 2.05) is 12.1 Å². The molecule has 0 saturated carbocycles. The van der Waals surface area contributed by atoms with Crippen molar-refractivity contribution in [3.05, 3.63) is 22.2 Å². The number of benzene rings is 1. The molecule has 1 aliphatic heterocycles. The van der Waals surface area contributed by atoms with E-state index in [4.69, 9.17) is 15.2 Å². The standard InChI is InChI=1S/C14H21BrN2O3/c1-9-8-17(3-4-20-9)12(7-16)10-5-11(15)14(18)13(6-10)19-2/h5-6,9,12,18H,3-4,7-8,16H2,1-2H3. The van der Waals surface area contributed by atoms with Crippen LogP contribution < -0.4 is 10.5 Å². The number of nitrogens with zero attached hydrogens (tertiary/aromatic N) is 1. The Labute approximate surface area is 127 Å². The van der Waals surface area contributed by atoms with Gasteiger partial charge >= 0.3 is 0 Å². The lowest BCUT2D eigenvalue weighted by molar-refractivity contribution is -0.0333. The van der Waals surface area contributed by atoms with Gasteiger partial charge in [0.05, 0.1) is 24.3 Å². The summed E-state index contributed by atoms with van der Waals surface area (Å²) in [6, 6.07) is 3.83. The molecule has 1 aromatic rings. The third-order valence-corrected chi connectivity index (χ3v) is 4.20. The number of hydrogen-bond donors (Lipinski definition) is 2. The highest BCUT2D eigenvalue weighted by atomic mass is 79.9. The van der Waals surface area contributed by atoms with Crippen molar-refractivity contribution < 1.29 is 14.6 Å². The molecule has 20 heavy (non-hydrogen) atoms. The van der Waals surface area contributed by atoms with Gasteiger partial charge in [0, 0.05) is 25.7 Å². The fourth-order valence-corrected chi connectivity index (χ4v) is 3.03. The van der Waals surface area contributed by atoms with Gasteiger partial charge in [-0.15, -0.1) is 0 Å². The Morgan fingerprint density at radius 3 is 2.95 bits per heavy atom. The molecular weight excluding hydrogens is 324 g/mol. The SMILES string of the molecule is COc1cc(C(CN)N2CCOC(C)C2)cc(Br)c1O. The zero-order valence-electron chi connectivity index (χ0n) is 11.8. The number of ether oxygens (including phenoxy) is 2. The van der Waals surface area contributed by atoms with Gasteiger partial charge in [-0.1, -0.05) is 0 Å². The number of morpholine rings is 1. The summed E-state index contributed by atoms with van der Waals surface area (Å²) in [6.45, 7) is 4.99. The molecule has 1 fully saturated rings. The van der Waals surface area contributed by atoms with Crippen molar-refractivity contribution in [3.63, 3.8) is 0 Å². The van der Waals surface area contributed by atoms with Crippen molar-refractivity contribution in [3.8, 4) is 11.5 Å². The largest absolute Gasteiger partial charge is 0.503 e. The minimum absolute atomic E-state index is 0.0900. The molecule has 2 atom stereocenters. The van der Waals surface area contributed by atoms with Crippen LogP contribution in [0.3, 0.4) is 0 Å². The van der Waals surface area contributed by atoms with Crippen LogP contribution >= 0.6 is 15.9 Å². The highest BCUT2D eigenvalue weighted by Gasteiger charge is 2.26. The van der Waals surface area contributed by atoms with E-state index < -0.39 is 0 Å². The maximum absolute atomic E-state index is 9.89. The van der Waals surface area contributed by atoms with Crippen molar-refractivity contribution >= 4 is 15.9 Å². The van der Waals surface area contributed by atoms with Crippen molar-refractivity contribution in [1.29, 1.82) is 0 Å². The van der Waals surface area contributed by atoms with Crippen LogP contribution in [0, 0.1) is 0 Å². The molecule has 1 aliphatic rings. The summed E-state index contributed by atoms with van der Waals surface area (Å²) >= 11 is 3.36. The monoisotopic (exact) mass is 344 g/mol. The second-order valence-electron chi connectivity index (χ2n) is 4.98. The van der Waals surface area contributed by atoms with Crippen molar-refractivity contribution in [2.45, 2.75) is 19.1 Å². The quantitative estimate of drug-likeness (QED) is 0.872. The molecule has 1 heterocycles. The third kappa shape index (κ3) is 3.25. The number of rotatable bonds is 4. The average Bonchev–Trinajstić information content (AvgIpc) is 2.43. The van der Waals surface area contributed by atoms with Crippen LogP contribution in [0.25, 0.3) is 0 Å². The Morgan fingerprint density at radius 2 is 2.35 bits per heavy atom. The van der Waals surface area contributed by atoms with Crippen molar-refractivity contribution in [2.24, 2.45) is 5.73 Å². The summed E-state index contributed by atoms with van der Waals surface area (Å²) in [5.74, 6) is 0.566. The van der Waals surface area contributed by atoms with Crippen LogP contribution in [0.1, 0.15) is 18.5 Å².